The Kier molecular flexibility index (Phi) is 2.99. The van der Waals surface area contributed by atoms with Gasteiger partial charge in [0.1, 0.15) is 5.82 Å². The zero-order valence-electron chi connectivity index (χ0n) is 10.9. The Morgan fingerprint density at radius 1 is 1.10 bits per heavy atom. The van der Waals surface area contributed by atoms with Crippen molar-refractivity contribution in [2.24, 2.45) is 12.0 Å². The second-order valence-electron chi connectivity index (χ2n) is 4.52. The third-order valence-corrected chi connectivity index (χ3v) is 3.30. The first-order valence-electron chi connectivity index (χ1n) is 6.23. The first-order valence-corrected chi connectivity index (χ1v) is 6.23. The van der Waals surface area contributed by atoms with Gasteiger partial charge in [0, 0.05) is 18.6 Å². The summed E-state index contributed by atoms with van der Waals surface area (Å²) >= 11 is 0. The summed E-state index contributed by atoms with van der Waals surface area (Å²) in [5.74, 6) is -0.269. The van der Waals surface area contributed by atoms with Crippen LogP contribution in [0.3, 0.4) is 0 Å². The first-order chi connectivity index (χ1) is 9.68. The van der Waals surface area contributed by atoms with Gasteiger partial charge < -0.3 is 9.67 Å². The Morgan fingerprint density at radius 2 is 1.80 bits per heavy atom. The monoisotopic (exact) mass is 268 g/mol. The summed E-state index contributed by atoms with van der Waals surface area (Å²) < 4.78 is 15.2. The minimum Gasteiger partial charge on any atom is -0.494 e. The van der Waals surface area contributed by atoms with Gasteiger partial charge in [0.15, 0.2) is 0 Å². The highest BCUT2D eigenvalue weighted by molar-refractivity contribution is 6.03. The van der Waals surface area contributed by atoms with Crippen molar-refractivity contribution in [3.8, 4) is 5.88 Å². The summed E-state index contributed by atoms with van der Waals surface area (Å²) in [5, 5.41) is 11.0. The van der Waals surface area contributed by atoms with E-state index in [0.29, 0.717) is 5.56 Å². The Morgan fingerprint density at radius 3 is 2.60 bits per heavy atom. The van der Waals surface area contributed by atoms with Gasteiger partial charge >= 0.3 is 0 Å². The highest BCUT2D eigenvalue weighted by Gasteiger charge is 2.12. The minimum absolute atomic E-state index is 0.117. The van der Waals surface area contributed by atoms with Gasteiger partial charge in [-0.25, -0.2) is 4.39 Å². The van der Waals surface area contributed by atoms with Crippen molar-refractivity contribution in [2.75, 3.05) is 0 Å². The van der Waals surface area contributed by atoms with Crippen LogP contribution in [0.15, 0.2) is 53.5 Å². The van der Waals surface area contributed by atoms with E-state index in [-0.39, 0.29) is 17.4 Å². The maximum absolute atomic E-state index is 13.5. The molecule has 1 heterocycles. The second kappa shape index (κ2) is 4.81. The number of halogens is 1. The molecule has 0 saturated heterocycles. The maximum atomic E-state index is 13.5. The molecule has 3 rings (SSSR count). The van der Waals surface area contributed by atoms with Gasteiger partial charge in [-0.15, -0.1) is 0 Å². The number of aryl methyl sites for hydroxylation is 1. The van der Waals surface area contributed by atoms with Gasteiger partial charge in [-0.2, -0.15) is 0 Å². The van der Waals surface area contributed by atoms with E-state index in [9.17, 15) is 9.50 Å². The molecule has 0 aliphatic rings. The summed E-state index contributed by atoms with van der Waals surface area (Å²) in [4.78, 5) is 4.13. The summed E-state index contributed by atoms with van der Waals surface area (Å²) in [7, 11) is 1.78. The molecule has 100 valence electrons. The van der Waals surface area contributed by atoms with Crippen LogP contribution < -0.4 is 0 Å². The van der Waals surface area contributed by atoms with Crippen LogP contribution in [0.25, 0.3) is 10.9 Å². The molecule has 0 aliphatic carbocycles. The van der Waals surface area contributed by atoms with Crippen LogP contribution in [0.1, 0.15) is 5.56 Å². The van der Waals surface area contributed by atoms with E-state index >= 15 is 0 Å². The Labute approximate surface area is 115 Å². The van der Waals surface area contributed by atoms with Crippen molar-refractivity contribution in [1.82, 2.24) is 4.57 Å². The van der Waals surface area contributed by atoms with Crippen molar-refractivity contribution in [3.63, 3.8) is 0 Å². The predicted molar refractivity (Wildman–Crippen MR) is 78.2 cm³/mol. The van der Waals surface area contributed by atoms with Crippen LogP contribution in [0, 0.1) is 5.82 Å². The van der Waals surface area contributed by atoms with Crippen LogP contribution in [0.4, 0.5) is 10.1 Å². The fourth-order valence-electron chi connectivity index (χ4n) is 2.23. The fraction of sp³-hybridized carbons (Fsp3) is 0.0625. The number of hydrogen-bond donors (Lipinski definition) is 1. The summed E-state index contributed by atoms with van der Waals surface area (Å²) in [5.41, 5.74) is 1.74. The zero-order valence-corrected chi connectivity index (χ0v) is 10.9. The lowest BCUT2D eigenvalue weighted by Gasteiger charge is -1.96. The zero-order chi connectivity index (χ0) is 14.1. The summed E-state index contributed by atoms with van der Waals surface area (Å²) in [6.45, 7) is 0. The Hall–Kier alpha value is -2.62. The van der Waals surface area contributed by atoms with Crippen molar-refractivity contribution in [2.45, 2.75) is 0 Å². The summed E-state index contributed by atoms with van der Waals surface area (Å²) in [6, 6.07) is 13.9. The second-order valence-corrected chi connectivity index (χ2v) is 4.52. The van der Waals surface area contributed by atoms with Gasteiger partial charge in [-0.05, 0) is 18.2 Å². The quantitative estimate of drug-likeness (QED) is 0.706. The molecule has 0 aliphatic heterocycles. The van der Waals surface area contributed by atoms with Crippen molar-refractivity contribution < 1.29 is 9.50 Å². The van der Waals surface area contributed by atoms with Gasteiger partial charge in [0.2, 0.25) is 5.88 Å². The smallest absolute Gasteiger partial charge is 0.200 e. The van der Waals surface area contributed by atoms with E-state index in [1.165, 1.54) is 12.3 Å². The molecule has 0 radical (unpaired) electrons. The van der Waals surface area contributed by atoms with Crippen molar-refractivity contribution in [3.05, 3.63) is 59.9 Å². The van der Waals surface area contributed by atoms with E-state index in [4.69, 9.17) is 0 Å². The SMILES string of the molecule is Cn1c(O)c(C=Nc2ccccc2F)c2ccccc21. The number of nitrogens with zero attached hydrogens (tertiary/aromatic N) is 2. The topological polar surface area (TPSA) is 37.5 Å². The van der Waals surface area contributed by atoms with E-state index < -0.39 is 0 Å². The molecule has 4 heteroatoms. The lowest BCUT2D eigenvalue weighted by atomic mass is 10.2. The number of aliphatic imine (C=N–C) groups is 1. The Bertz CT molecular complexity index is 805. The van der Waals surface area contributed by atoms with Crippen LogP contribution >= 0.6 is 0 Å². The molecule has 0 unspecified atom stereocenters. The standard InChI is InChI=1S/C16H13FN2O/c1-19-15-9-5-2-6-11(15)12(16(19)20)10-18-14-8-4-3-7-13(14)17/h2-10,20H,1H3. The Balaban J connectivity index is 2.12. The fourth-order valence-corrected chi connectivity index (χ4v) is 2.23. The van der Waals surface area contributed by atoms with Gasteiger partial charge in [0.05, 0.1) is 16.8 Å². The molecule has 0 spiro atoms. The highest BCUT2D eigenvalue weighted by atomic mass is 19.1. The van der Waals surface area contributed by atoms with Crippen LogP contribution in [0.5, 0.6) is 5.88 Å². The molecule has 1 N–H and O–H groups in total. The number of benzene rings is 2. The lowest BCUT2D eigenvalue weighted by Crippen LogP contribution is -1.86. The van der Waals surface area contributed by atoms with E-state index in [1.807, 2.05) is 24.3 Å². The van der Waals surface area contributed by atoms with Crippen LogP contribution in [-0.2, 0) is 7.05 Å². The normalized spacial score (nSPS) is 11.5. The van der Waals surface area contributed by atoms with Crippen molar-refractivity contribution in [1.29, 1.82) is 0 Å². The molecule has 3 aromatic rings. The van der Waals surface area contributed by atoms with E-state index in [0.717, 1.165) is 10.9 Å². The maximum Gasteiger partial charge on any atom is 0.200 e. The molecule has 20 heavy (non-hydrogen) atoms. The number of fused-ring (bicyclic) bond motifs is 1. The van der Waals surface area contributed by atoms with Gasteiger partial charge in [-0.1, -0.05) is 30.3 Å². The third kappa shape index (κ3) is 1.95. The predicted octanol–water partition coefficient (Wildman–Crippen LogP) is 3.77. The number of aromatic hydroxyl groups is 1. The van der Waals surface area contributed by atoms with E-state index in [1.54, 1.807) is 29.8 Å². The molecule has 0 fully saturated rings. The number of hydrogen-bond acceptors (Lipinski definition) is 2. The average Bonchev–Trinajstić information content (AvgIpc) is 2.71. The third-order valence-electron chi connectivity index (χ3n) is 3.30. The first kappa shape index (κ1) is 12.4. The number of para-hydroxylation sites is 2. The molecule has 1 aromatic heterocycles. The molecule has 0 bridgehead atoms. The molecule has 0 saturated carbocycles. The molecule has 2 aromatic carbocycles. The number of rotatable bonds is 2. The van der Waals surface area contributed by atoms with Crippen molar-refractivity contribution >= 4 is 22.8 Å². The molecular weight excluding hydrogens is 255 g/mol. The average molecular weight is 268 g/mol. The van der Waals surface area contributed by atoms with Crippen LogP contribution in [-0.4, -0.2) is 15.9 Å². The molecule has 3 nitrogen and oxygen atoms in total. The lowest BCUT2D eigenvalue weighted by molar-refractivity contribution is 0.434. The minimum atomic E-state index is -0.386. The van der Waals surface area contributed by atoms with E-state index in [2.05, 4.69) is 4.99 Å². The highest BCUT2D eigenvalue weighted by Crippen LogP contribution is 2.29. The van der Waals surface area contributed by atoms with Gasteiger partial charge in [0.25, 0.3) is 0 Å². The molecule has 0 atom stereocenters. The number of aromatic nitrogens is 1. The van der Waals surface area contributed by atoms with Gasteiger partial charge in [-0.3, -0.25) is 4.99 Å². The summed E-state index contributed by atoms with van der Waals surface area (Å²) in [6.07, 6.45) is 1.50. The molecular formula is C16H13FN2O. The van der Waals surface area contributed by atoms with Crippen LogP contribution in [0.2, 0.25) is 0 Å². The molecule has 0 amide bonds. The largest absolute Gasteiger partial charge is 0.494 e.